The summed E-state index contributed by atoms with van der Waals surface area (Å²) in [6, 6.07) is 17.9. The summed E-state index contributed by atoms with van der Waals surface area (Å²) in [5.41, 5.74) is 1.96. The number of carbonyl (C=O) groups excluding carboxylic acids is 1. The molecular formula is C23H21Cl3N2O3S2. The van der Waals surface area contributed by atoms with Crippen LogP contribution in [0, 0.1) is 0 Å². The van der Waals surface area contributed by atoms with Crippen molar-refractivity contribution in [1.82, 2.24) is 5.32 Å². The first-order valence-corrected chi connectivity index (χ1v) is 13.6. The van der Waals surface area contributed by atoms with E-state index in [0.29, 0.717) is 32.9 Å². The molecule has 0 heterocycles. The first kappa shape index (κ1) is 25.7. The fourth-order valence-corrected chi connectivity index (χ4v) is 5.33. The van der Waals surface area contributed by atoms with Gasteiger partial charge in [0.15, 0.2) is 0 Å². The number of benzene rings is 3. The summed E-state index contributed by atoms with van der Waals surface area (Å²) < 4.78 is 26.7. The first-order valence-electron chi connectivity index (χ1n) is 9.83. The molecule has 5 nitrogen and oxygen atoms in total. The number of nitrogens with zero attached hydrogens (tertiary/aromatic N) is 1. The number of rotatable bonds is 9. The van der Waals surface area contributed by atoms with Gasteiger partial charge in [0.05, 0.1) is 20.6 Å². The molecule has 0 saturated heterocycles. The standard InChI is InChI=1S/C23H21Cl3N2O3S2/c1-28(33(30,31)20-9-5-18(24)6-10-20)19-7-3-17(4-8-19)23(29)27-12-13-32-15-16-2-11-21(25)22(26)14-16/h2-11,14H,12-13,15H2,1H3,(H,27,29). The molecule has 0 saturated carbocycles. The Morgan fingerprint density at radius 2 is 1.61 bits per heavy atom. The molecule has 0 fully saturated rings. The lowest BCUT2D eigenvalue weighted by atomic mass is 10.2. The van der Waals surface area contributed by atoms with Gasteiger partial charge in [0.1, 0.15) is 0 Å². The van der Waals surface area contributed by atoms with Crippen LogP contribution in [0.15, 0.2) is 71.6 Å². The van der Waals surface area contributed by atoms with Crippen LogP contribution in [0.5, 0.6) is 0 Å². The average Bonchev–Trinajstić information content (AvgIpc) is 2.81. The lowest BCUT2D eigenvalue weighted by Crippen LogP contribution is -2.27. The van der Waals surface area contributed by atoms with E-state index in [1.807, 2.05) is 12.1 Å². The van der Waals surface area contributed by atoms with Crippen molar-refractivity contribution in [2.24, 2.45) is 0 Å². The van der Waals surface area contributed by atoms with E-state index in [1.165, 1.54) is 31.3 Å². The van der Waals surface area contributed by atoms with Crippen molar-refractivity contribution in [2.45, 2.75) is 10.6 Å². The maximum Gasteiger partial charge on any atom is 0.264 e. The molecule has 0 aliphatic heterocycles. The SMILES string of the molecule is CN(c1ccc(C(=O)NCCSCc2ccc(Cl)c(Cl)c2)cc1)S(=O)(=O)c1ccc(Cl)cc1. The van der Waals surface area contributed by atoms with Crippen molar-refractivity contribution >= 4 is 68.2 Å². The second-order valence-corrected chi connectivity index (χ2v) is 11.4. The lowest BCUT2D eigenvalue weighted by Gasteiger charge is -2.19. The smallest absolute Gasteiger partial charge is 0.264 e. The van der Waals surface area contributed by atoms with Crippen LogP contribution in [0.1, 0.15) is 15.9 Å². The average molecular weight is 544 g/mol. The Hall–Kier alpha value is -1.90. The molecule has 174 valence electrons. The zero-order valence-electron chi connectivity index (χ0n) is 17.6. The molecule has 0 aliphatic carbocycles. The van der Waals surface area contributed by atoms with Crippen molar-refractivity contribution in [1.29, 1.82) is 0 Å². The quantitative estimate of drug-likeness (QED) is 0.330. The van der Waals surface area contributed by atoms with Gasteiger partial charge in [0.25, 0.3) is 15.9 Å². The molecule has 3 rings (SSSR count). The van der Waals surface area contributed by atoms with E-state index in [2.05, 4.69) is 5.32 Å². The summed E-state index contributed by atoms with van der Waals surface area (Å²) in [6.07, 6.45) is 0. The summed E-state index contributed by atoms with van der Waals surface area (Å²) in [4.78, 5) is 12.5. The third kappa shape index (κ3) is 6.80. The number of hydrogen-bond donors (Lipinski definition) is 1. The molecule has 1 N–H and O–H groups in total. The fraction of sp³-hybridized carbons (Fsp3) is 0.174. The van der Waals surface area contributed by atoms with Crippen molar-refractivity contribution < 1.29 is 13.2 Å². The zero-order chi connectivity index (χ0) is 24.0. The van der Waals surface area contributed by atoms with Gasteiger partial charge in [-0.2, -0.15) is 11.8 Å². The van der Waals surface area contributed by atoms with E-state index < -0.39 is 10.0 Å². The highest BCUT2D eigenvalue weighted by atomic mass is 35.5. The van der Waals surface area contributed by atoms with Gasteiger partial charge in [-0.15, -0.1) is 0 Å². The molecule has 1 amide bonds. The number of amides is 1. The molecule has 0 unspecified atom stereocenters. The zero-order valence-corrected chi connectivity index (χ0v) is 21.5. The first-order chi connectivity index (χ1) is 15.7. The van der Waals surface area contributed by atoms with Gasteiger partial charge < -0.3 is 5.32 Å². The molecule has 0 spiro atoms. The van der Waals surface area contributed by atoms with Gasteiger partial charge in [-0.25, -0.2) is 8.42 Å². The van der Waals surface area contributed by atoms with Crippen LogP contribution in [0.3, 0.4) is 0 Å². The Balaban J connectivity index is 1.51. The molecule has 3 aromatic rings. The van der Waals surface area contributed by atoms with E-state index in [-0.39, 0.29) is 10.8 Å². The number of halogens is 3. The predicted molar refractivity (Wildman–Crippen MR) is 138 cm³/mol. The van der Waals surface area contributed by atoms with E-state index in [0.717, 1.165) is 21.4 Å². The van der Waals surface area contributed by atoms with Crippen molar-refractivity contribution in [3.05, 3.63) is 92.9 Å². The summed E-state index contributed by atoms with van der Waals surface area (Å²) in [5.74, 6) is 1.27. The van der Waals surface area contributed by atoms with Gasteiger partial charge in [-0.3, -0.25) is 9.10 Å². The van der Waals surface area contributed by atoms with E-state index >= 15 is 0 Å². The van der Waals surface area contributed by atoms with E-state index in [1.54, 1.807) is 42.1 Å². The van der Waals surface area contributed by atoms with Crippen LogP contribution >= 0.6 is 46.6 Å². The van der Waals surface area contributed by atoms with Crippen LogP contribution in [-0.4, -0.2) is 33.7 Å². The van der Waals surface area contributed by atoms with Gasteiger partial charge in [-0.05, 0) is 66.2 Å². The summed E-state index contributed by atoms with van der Waals surface area (Å²) in [6.45, 7) is 0.497. The summed E-state index contributed by atoms with van der Waals surface area (Å²) in [5, 5.41) is 4.37. The van der Waals surface area contributed by atoms with Gasteiger partial charge in [0.2, 0.25) is 0 Å². The Bertz CT molecular complexity index is 1220. The number of anilines is 1. The molecule has 10 heteroatoms. The van der Waals surface area contributed by atoms with Gasteiger partial charge >= 0.3 is 0 Å². The largest absolute Gasteiger partial charge is 0.351 e. The van der Waals surface area contributed by atoms with Crippen LogP contribution in [0.25, 0.3) is 0 Å². The van der Waals surface area contributed by atoms with Crippen LogP contribution in [0.2, 0.25) is 15.1 Å². The van der Waals surface area contributed by atoms with Crippen molar-refractivity contribution in [3.63, 3.8) is 0 Å². The van der Waals surface area contributed by atoms with Crippen molar-refractivity contribution in [2.75, 3.05) is 23.7 Å². The number of sulfonamides is 1. The van der Waals surface area contributed by atoms with E-state index in [4.69, 9.17) is 34.8 Å². The number of carbonyl (C=O) groups is 1. The minimum absolute atomic E-state index is 0.134. The molecule has 33 heavy (non-hydrogen) atoms. The molecule has 0 bridgehead atoms. The van der Waals surface area contributed by atoms with Gasteiger partial charge in [0, 0.05) is 35.7 Å². The molecule has 0 atom stereocenters. The molecule has 0 aliphatic rings. The minimum atomic E-state index is -3.73. The van der Waals surface area contributed by atoms with Crippen LogP contribution in [-0.2, 0) is 15.8 Å². The Kier molecular flexibility index (Phi) is 8.95. The highest BCUT2D eigenvalue weighted by Gasteiger charge is 2.21. The van der Waals surface area contributed by atoms with Crippen molar-refractivity contribution in [3.8, 4) is 0 Å². The molecule has 0 aromatic heterocycles. The summed E-state index contributed by atoms with van der Waals surface area (Å²) >= 11 is 19.4. The third-order valence-electron chi connectivity index (χ3n) is 4.75. The topological polar surface area (TPSA) is 66.5 Å². The van der Waals surface area contributed by atoms with Crippen LogP contribution in [0.4, 0.5) is 5.69 Å². The Labute approximate surface area is 213 Å². The Morgan fingerprint density at radius 1 is 0.939 bits per heavy atom. The number of thioether (sulfide) groups is 1. The highest BCUT2D eigenvalue weighted by Crippen LogP contribution is 2.25. The highest BCUT2D eigenvalue weighted by molar-refractivity contribution is 7.98. The van der Waals surface area contributed by atoms with E-state index in [9.17, 15) is 13.2 Å². The Morgan fingerprint density at radius 3 is 2.24 bits per heavy atom. The number of hydrogen-bond acceptors (Lipinski definition) is 4. The number of nitrogens with one attached hydrogen (secondary N) is 1. The predicted octanol–water partition coefficient (Wildman–Crippen LogP) is 6.14. The fourth-order valence-electron chi connectivity index (χ4n) is 2.88. The normalized spacial score (nSPS) is 11.3. The minimum Gasteiger partial charge on any atom is -0.351 e. The monoisotopic (exact) mass is 542 g/mol. The van der Waals surface area contributed by atoms with Gasteiger partial charge in [-0.1, -0.05) is 40.9 Å². The second kappa shape index (κ2) is 11.5. The maximum atomic E-state index is 12.8. The molecular weight excluding hydrogens is 523 g/mol. The lowest BCUT2D eigenvalue weighted by molar-refractivity contribution is 0.0956. The third-order valence-corrected chi connectivity index (χ3v) is 8.57. The maximum absolute atomic E-state index is 12.8. The molecule has 3 aromatic carbocycles. The second-order valence-electron chi connectivity index (χ2n) is 7.03. The molecule has 0 radical (unpaired) electrons. The van der Waals surface area contributed by atoms with Crippen LogP contribution < -0.4 is 9.62 Å². The summed E-state index contributed by atoms with van der Waals surface area (Å²) in [7, 11) is -2.27.